The number of fused-ring (bicyclic) bond motifs is 3. The number of para-hydroxylation sites is 1. The largest absolute Gasteiger partial charge is 0.361 e. The zero-order chi connectivity index (χ0) is 13.7. The maximum atomic E-state index is 12.1. The van der Waals surface area contributed by atoms with E-state index in [1.165, 1.54) is 0 Å². The number of hydrogen-bond donors (Lipinski definition) is 1. The molecule has 3 aromatic heterocycles. The predicted molar refractivity (Wildman–Crippen MR) is 71.3 cm³/mol. The second kappa shape index (κ2) is 3.77. The first-order chi connectivity index (χ1) is 9.74. The van der Waals surface area contributed by atoms with Gasteiger partial charge in [-0.25, -0.2) is 9.73 Å². The fraction of sp³-hybridized carbons (Fsp3) is 0.0769. The molecule has 0 atom stereocenters. The summed E-state index contributed by atoms with van der Waals surface area (Å²) in [5.74, 6) is 0.671. The average Bonchev–Trinajstić information content (AvgIpc) is 3.05. The second-order valence-electron chi connectivity index (χ2n) is 4.48. The smallest absolute Gasteiger partial charge is 0.281 e. The number of rotatable bonds is 1. The van der Waals surface area contributed by atoms with Crippen LogP contribution in [0.25, 0.3) is 27.9 Å². The highest BCUT2D eigenvalue weighted by atomic mass is 16.5. The second-order valence-corrected chi connectivity index (χ2v) is 4.48. The zero-order valence-corrected chi connectivity index (χ0v) is 10.5. The van der Waals surface area contributed by atoms with Crippen LogP contribution in [-0.2, 0) is 0 Å². The highest BCUT2D eigenvalue weighted by Crippen LogP contribution is 2.21. The van der Waals surface area contributed by atoms with Crippen LogP contribution in [0.1, 0.15) is 5.76 Å². The molecule has 20 heavy (non-hydrogen) atoms. The number of aryl methyl sites for hydroxylation is 1. The fourth-order valence-corrected chi connectivity index (χ4v) is 2.23. The van der Waals surface area contributed by atoms with E-state index in [2.05, 4.69) is 20.5 Å². The lowest BCUT2D eigenvalue weighted by atomic mass is 10.2. The summed E-state index contributed by atoms with van der Waals surface area (Å²) >= 11 is 0. The molecule has 4 rings (SSSR count). The minimum Gasteiger partial charge on any atom is -0.361 e. The van der Waals surface area contributed by atoms with Crippen molar-refractivity contribution in [3.8, 4) is 11.4 Å². The van der Waals surface area contributed by atoms with Crippen LogP contribution in [0.2, 0.25) is 0 Å². The maximum Gasteiger partial charge on any atom is 0.281 e. The molecule has 0 bridgehead atoms. The van der Waals surface area contributed by atoms with Crippen molar-refractivity contribution in [3.63, 3.8) is 0 Å². The van der Waals surface area contributed by atoms with Crippen molar-refractivity contribution in [1.29, 1.82) is 0 Å². The maximum absolute atomic E-state index is 12.1. The first-order valence-corrected chi connectivity index (χ1v) is 6.03. The minimum absolute atomic E-state index is 0.288. The summed E-state index contributed by atoms with van der Waals surface area (Å²) in [6.07, 6.45) is 0. The van der Waals surface area contributed by atoms with Crippen LogP contribution in [0, 0.1) is 6.92 Å². The third-order valence-corrected chi connectivity index (χ3v) is 3.14. The first-order valence-electron chi connectivity index (χ1n) is 6.03. The van der Waals surface area contributed by atoms with E-state index < -0.39 is 0 Å². The standard InChI is InChI=1S/C13H9N5O2/c1-7-6-9(16-20-7)11-12-14-13(19)8-4-2-3-5-10(8)18(12)17-15-11/h2-6,17H,1H3. The van der Waals surface area contributed by atoms with E-state index in [4.69, 9.17) is 4.52 Å². The molecule has 0 aliphatic heterocycles. The third-order valence-electron chi connectivity index (χ3n) is 3.14. The number of aromatic amines is 1. The van der Waals surface area contributed by atoms with Crippen LogP contribution < -0.4 is 5.56 Å². The number of nitrogens with one attached hydrogen (secondary N) is 1. The molecule has 0 aliphatic carbocycles. The molecular weight excluding hydrogens is 258 g/mol. The molecule has 1 N–H and O–H groups in total. The number of H-pyrrole nitrogens is 1. The van der Waals surface area contributed by atoms with E-state index in [-0.39, 0.29) is 5.56 Å². The van der Waals surface area contributed by atoms with Gasteiger partial charge in [-0.1, -0.05) is 17.3 Å². The van der Waals surface area contributed by atoms with Gasteiger partial charge in [-0.2, -0.15) is 10.1 Å². The molecule has 0 saturated carbocycles. The lowest BCUT2D eigenvalue weighted by Gasteiger charge is -1.99. The van der Waals surface area contributed by atoms with Gasteiger partial charge in [0.25, 0.3) is 5.56 Å². The molecule has 7 heteroatoms. The first kappa shape index (κ1) is 10.9. The van der Waals surface area contributed by atoms with Gasteiger partial charge >= 0.3 is 0 Å². The molecule has 0 spiro atoms. The average molecular weight is 267 g/mol. The van der Waals surface area contributed by atoms with Crippen LogP contribution in [0.5, 0.6) is 0 Å². The van der Waals surface area contributed by atoms with Crippen LogP contribution in [-0.4, -0.2) is 25.0 Å². The van der Waals surface area contributed by atoms with Crippen LogP contribution in [0.3, 0.4) is 0 Å². The van der Waals surface area contributed by atoms with Crippen molar-refractivity contribution in [2.75, 3.05) is 0 Å². The topological polar surface area (TPSA) is 89.1 Å². The van der Waals surface area contributed by atoms with Crippen molar-refractivity contribution >= 4 is 16.6 Å². The van der Waals surface area contributed by atoms with Gasteiger partial charge in [-0.05, 0) is 19.1 Å². The Morgan fingerprint density at radius 2 is 2.15 bits per heavy atom. The van der Waals surface area contributed by atoms with Gasteiger partial charge in [-0.15, -0.1) is 0 Å². The van der Waals surface area contributed by atoms with Crippen molar-refractivity contribution in [1.82, 2.24) is 25.0 Å². The van der Waals surface area contributed by atoms with E-state index in [0.717, 1.165) is 5.52 Å². The lowest BCUT2D eigenvalue weighted by Crippen LogP contribution is -2.10. The Kier molecular flexibility index (Phi) is 2.06. The van der Waals surface area contributed by atoms with Gasteiger partial charge < -0.3 is 4.52 Å². The monoisotopic (exact) mass is 267 g/mol. The van der Waals surface area contributed by atoms with Crippen molar-refractivity contribution in [2.24, 2.45) is 0 Å². The van der Waals surface area contributed by atoms with E-state index in [1.54, 1.807) is 29.6 Å². The SMILES string of the molecule is Cc1cc(-c2n[nH]n3c2nc(=O)c2ccccc23)no1. The molecule has 0 radical (unpaired) electrons. The van der Waals surface area contributed by atoms with Crippen LogP contribution in [0.4, 0.5) is 0 Å². The third kappa shape index (κ3) is 1.40. The van der Waals surface area contributed by atoms with Gasteiger partial charge in [0.1, 0.15) is 11.5 Å². The quantitative estimate of drug-likeness (QED) is 0.565. The Morgan fingerprint density at radius 1 is 1.30 bits per heavy atom. The fourth-order valence-electron chi connectivity index (χ4n) is 2.23. The summed E-state index contributed by atoms with van der Waals surface area (Å²) < 4.78 is 6.70. The molecule has 0 amide bonds. The predicted octanol–water partition coefficient (Wildman–Crippen LogP) is 1.53. The van der Waals surface area contributed by atoms with Gasteiger partial charge in [0.2, 0.25) is 0 Å². The molecule has 7 nitrogen and oxygen atoms in total. The van der Waals surface area contributed by atoms with Gasteiger partial charge in [0, 0.05) is 6.07 Å². The highest BCUT2D eigenvalue weighted by Gasteiger charge is 2.16. The van der Waals surface area contributed by atoms with E-state index >= 15 is 0 Å². The Bertz CT molecular complexity index is 995. The molecule has 3 heterocycles. The summed E-state index contributed by atoms with van der Waals surface area (Å²) in [7, 11) is 0. The minimum atomic E-state index is -0.288. The van der Waals surface area contributed by atoms with Gasteiger partial charge in [0.05, 0.1) is 10.9 Å². The van der Waals surface area contributed by atoms with Crippen molar-refractivity contribution < 1.29 is 4.52 Å². The molecule has 0 unspecified atom stereocenters. The van der Waals surface area contributed by atoms with Gasteiger partial charge in [0.15, 0.2) is 11.3 Å². The molecule has 0 saturated heterocycles. The van der Waals surface area contributed by atoms with Crippen LogP contribution >= 0.6 is 0 Å². The molecule has 98 valence electrons. The van der Waals surface area contributed by atoms with Crippen LogP contribution in [0.15, 0.2) is 39.6 Å². The van der Waals surface area contributed by atoms with E-state index in [0.29, 0.717) is 28.2 Å². The summed E-state index contributed by atoms with van der Waals surface area (Å²) in [4.78, 5) is 16.2. The number of aromatic nitrogens is 5. The molecule has 0 aliphatic rings. The zero-order valence-electron chi connectivity index (χ0n) is 10.5. The summed E-state index contributed by atoms with van der Waals surface area (Å²) in [6.45, 7) is 1.79. The van der Waals surface area contributed by atoms with E-state index in [9.17, 15) is 4.79 Å². The summed E-state index contributed by atoms with van der Waals surface area (Å²) in [6, 6.07) is 8.97. The highest BCUT2D eigenvalue weighted by molar-refractivity contribution is 5.83. The van der Waals surface area contributed by atoms with E-state index in [1.807, 2.05) is 12.1 Å². The Hall–Kier alpha value is -2.96. The van der Waals surface area contributed by atoms with Crippen molar-refractivity contribution in [2.45, 2.75) is 6.92 Å². The number of benzene rings is 1. The Balaban J connectivity index is 2.14. The number of nitrogens with zero attached hydrogens (tertiary/aromatic N) is 4. The van der Waals surface area contributed by atoms with Gasteiger partial charge in [-0.3, -0.25) is 4.79 Å². The summed E-state index contributed by atoms with van der Waals surface area (Å²) in [5, 5.41) is 11.5. The Morgan fingerprint density at radius 3 is 2.95 bits per heavy atom. The molecule has 4 aromatic rings. The lowest BCUT2D eigenvalue weighted by molar-refractivity contribution is 0.399. The molecule has 0 fully saturated rings. The van der Waals surface area contributed by atoms with Crippen molar-refractivity contribution in [3.05, 3.63) is 46.4 Å². The Labute approximate surface area is 111 Å². The number of hydrogen-bond acceptors (Lipinski definition) is 5. The normalized spacial score (nSPS) is 11.4. The molecular formula is C13H9N5O2. The molecule has 1 aromatic carbocycles. The summed E-state index contributed by atoms with van der Waals surface area (Å²) in [5.41, 5.74) is 1.90.